The third-order valence-corrected chi connectivity index (χ3v) is 6.16. The minimum atomic E-state index is -0.411. The fraction of sp³-hybridized carbons (Fsp3) is 0.179. The minimum absolute atomic E-state index is 0.193. The van der Waals surface area contributed by atoms with Crippen LogP contribution in [0.4, 0.5) is 10.5 Å². The van der Waals surface area contributed by atoms with Crippen molar-refractivity contribution >= 4 is 17.3 Å². The van der Waals surface area contributed by atoms with Crippen LogP contribution >= 0.6 is 0 Å². The zero-order valence-corrected chi connectivity index (χ0v) is 19.4. The second-order valence-corrected chi connectivity index (χ2v) is 8.44. The predicted octanol–water partition coefficient (Wildman–Crippen LogP) is 6.31. The molecule has 0 saturated carbocycles. The van der Waals surface area contributed by atoms with E-state index in [1.54, 1.807) is 4.90 Å². The summed E-state index contributed by atoms with van der Waals surface area (Å²) >= 11 is 0. The Hall–Kier alpha value is -4.19. The average Bonchev–Trinajstić information content (AvgIpc) is 3.34. The number of rotatable bonds is 5. The lowest BCUT2D eigenvalue weighted by molar-refractivity contribution is 0.244. The van der Waals surface area contributed by atoms with Gasteiger partial charge in [-0.15, -0.1) is 0 Å². The third kappa shape index (κ3) is 3.99. The summed E-state index contributed by atoms with van der Waals surface area (Å²) < 4.78 is 5.78. The van der Waals surface area contributed by atoms with Gasteiger partial charge in [0.05, 0.1) is 17.3 Å². The molecule has 0 bridgehead atoms. The number of aryl methyl sites for hydroxylation is 2. The SMILES string of the molecule is CCc1cccc(N2C(=O)NC(c3ccccc3)C(c3nc(-c4ccc(C)cc4)no3)=C2C)c1. The molecule has 1 N–H and O–H groups in total. The van der Waals surface area contributed by atoms with Crippen LogP contribution in [0.5, 0.6) is 0 Å². The van der Waals surface area contributed by atoms with E-state index < -0.39 is 6.04 Å². The van der Waals surface area contributed by atoms with E-state index in [0.29, 0.717) is 11.7 Å². The molecule has 0 fully saturated rings. The lowest BCUT2D eigenvalue weighted by atomic mass is 9.94. The Morgan fingerprint density at radius 3 is 2.47 bits per heavy atom. The van der Waals surface area contributed by atoms with Crippen LogP contribution in [0.1, 0.15) is 42.5 Å². The van der Waals surface area contributed by atoms with E-state index in [2.05, 4.69) is 23.5 Å². The van der Waals surface area contributed by atoms with Gasteiger partial charge in [0.25, 0.3) is 5.89 Å². The number of anilines is 1. The molecule has 1 aliphatic rings. The summed E-state index contributed by atoms with van der Waals surface area (Å²) in [6.07, 6.45) is 0.884. The van der Waals surface area contributed by atoms with Gasteiger partial charge in [-0.25, -0.2) is 4.79 Å². The number of benzene rings is 3. The van der Waals surface area contributed by atoms with Crippen molar-refractivity contribution in [2.75, 3.05) is 4.90 Å². The van der Waals surface area contributed by atoms with Crippen molar-refractivity contribution in [2.24, 2.45) is 0 Å². The Labute approximate surface area is 198 Å². The second kappa shape index (κ2) is 8.98. The van der Waals surface area contributed by atoms with Gasteiger partial charge in [-0.1, -0.05) is 84.4 Å². The summed E-state index contributed by atoms with van der Waals surface area (Å²) in [5.41, 5.74) is 6.48. The normalized spacial score (nSPS) is 16.0. The lowest BCUT2D eigenvalue weighted by Gasteiger charge is -2.35. The van der Waals surface area contributed by atoms with Crippen LogP contribution in [0.15, 0.2) is 89.1 Å². The van der Waals surface area contributed by atoms with Gasteiger partial charge in [-0.2, -0.15) is 4.98 Å². The summed E-state index contributed by atoms with van der Waals surface area (Å²) in [6.45, 7) is 6.06. The molecule has 0 radical (unpaired) electrons. The Kier molecular flexibility index (Phi) is 5.72. The van der Waals surface area contributed by atoms with Gasteiger partial charge in [-0.3, -0.25) is 4.90 Å². The van der Waals surface area contributed by atoms with Crippen molar-refractivity contribution < 1.29 is 9.32 Å². The van der Waals surface area contributed by atoms with Gasteiger partial charge in [0, 0.05) is 11.3 Å². The summed E-state index contributed by atoms with van der Waals surface area (Å²) in [7, 11) is 0. The zero-order chi connectivity index (χ0) is 23.7. The highest BCUT2D eigenvalue weighted by Crippen LogP contribution is 2.39. The number of urea groups is 1. The molecule has 6 nitrogen and oxygen atoms in total. The summed E-state index contributed by atoms with van der Waals surface area (Å²) in [5, 5.41) is 7.40. The molecule has 5 rings (SSSR count). The fourth-order valence-electron chi connectivity index (χ4n) is 4.29. The van der Waals surface area contributed by atoms with Gasteiger partial charge in [-0.05, 0) is 43.5 Å². The quantitative estimate of drug-likeness (QED) is 0.387. The number of carbonyl (C=O) groups excluding carboxylic acids is 1. The molecule has 1 atom stereocenters. The predicted molar refractivity (Wildman–Crippen MR) is 133 cm³/mol. The molecule has 1 aliphatic heterocycles. The first-order chi connectivity index (χ1) is 16.5. The number of amides is 2. The molecule has 4 aromatic rings. The minimum Gasteiger partial charge on any atom is -0.334 e. The van der Waals surface area contributed by atoms with Crippen molar-refractivity contribution in [1.82, 2.24) is 15.5 Å². The molecule has 6 heteroatoms. The first-order valence-electron chi connectivity index (χ1n) is 11.4. The standard InChI is InChI=1S/C28H26N4O2/c1-4-20-9-8-12-23(17-20)32-19(3)24(25(29-28(32)33)21-10-6-5-7-11-21)27-30-26(31-34-27)22-15-13-18(2)14-16-22/h5-17,25H,4H2,1-3H3,(H,29,33). The van der Waals surface area contributed by atoms with Gasteiger partial charge in [0.15, 0.2) is 0 Å². The Morgan fingerprint density at radius 2 is 1.74 bits per heavy atom. The molecule has 3 aromatic carbocycles. The van der Waals surface area contributed by atoms with Gasteiger partial charge >= 0.3 is 6.03 Å². The van der Waals surface area contributed by atoms with E-state index in [-0.39, 0.29) is 6.03 Å². The zero-order valence-electron chi connectivity index (χ0n) is 19.4. The van der Waals surface area contributed by atoms with Crippen molar-refractivity contribution in [1.29, 1.82) is 0 Å². The average molecular weight is 451 g/mol. The number of carbonyl (C=O) groups is 1. The number of nitrogens with one attached hydrogen (secondary N) is 1. The monoisotopic (exact) mass is 450 g/mol. The number of aromatic nitrogens is 2. The molecule has 1 unspecified atom stereocenters. The van der Waals surface area contributed by atoms with E-state index in [1.807, 2.05) is 86.6 Å². The molecule has 2 heterocycles. The molecule has 0 aliphatic carbocycles. The van der Waals surface area contributed by atoms with Crippen LogP contribution in [-0.2, 0) is 6.42 Å². The molecule has 34 heavy (non-hydrogen) atoms. The maximum absolute atomic E-state index is 13.3. The van der Waals surface area contributed by atoms with E-state index in [4.69, 9.17) is 9.51 Å². The van der Waals surface area contributed by atoms with E-state index in [9.17, 15) is 4.79 Å². The van der Waals surface area contributed by atoms with Crippen molar-refractivity contribution in [3.8, 4) is 11.4 Å². The van der Waals surface area contributed by atoms with Crippen molar-refractivity contribution in [3.63, 3.8) is 0 Å². The molecule has 1 aromatic heterocycles. The van der Waals surface area contributed by atoms with Crippen LogP contribution in [0.25, 0.3) is 17.0 Å². The topological polar surface area (TPSA) is 71.3 Å². The first kappa shape index (κ1) is 21.6. The molecule has 2 amide bonds. The van der Waals surface area contributed by atoms with E-state index >= 15 is 0 Å². The smallest absolute Gasteiger partial charge is 0.326 e. The highest BCUT2D eigenvalue weighted by Gasteiger charge is 2.36. The van der Waals surface area contributed by atoms with Crippen LogP contribution in [0.3, 0.4) is 0 Å². The van der Waals surface area contributed by atoms with Gasteiger partial charge in [0.2, 0.25) is 5.82 Å². The lowest BCUT2D eigenvalue weighted by Crippen LogP contribution is -2.46. The highest BCUT2D eigenvalue weighted by molar-refractivity contribution is 6.01. The molecule has 0 spiro atoms. The van der Waals surface area contributed by atoms with Crippen LogP contribution in [-0.4, -0.2) is 16.2 Å². The third-order valence-electron chi connectivity index (χ3n) is 6.16. The summed E-state index contributed by atoms with van der Waals surface area (Å²) in [5.74, 6) is 0.900. The van der Waals surface area contributed by atoms with Gasteiger partial charge in [0.1, 0.15) is 0 Å². The molecule has 0 saturated heterocycles. The van der Waals surface area contributed by atoms with Crippen LogP contribution < -0.4 is 10.2 Å². The first-order valence-corrected chi connectivity index (χ1v) is 11.4. The molecule has 170 valence electrons. The maximum Gasteiger partial charge on any atom is 0.326 e. The number of nitrogens with zero attached hydrogens (tertiary/aromatic N) is 3. The fourth-order valence-corrected chi connectivity index (χ4v) is 4.29. The Morgan fingerprint density at radius 1 is 0.971 bits per heavy atom. The number of hydrogen-bond acceptors (Lipinski definition) is 4. The van der Waals surface area contributed by atoms with Gasteiger partial charge < -0.3 is 9.84 Å². The van der Waals surface area contributed by atoms with Crippen LogP contribution in [0, 0.1) is 6.92 Å². The van der Waals surface area contributed by atoms with Crippen molar-refractivity contribution in [3.05, 3.63) is 107 Å². The second-order valence-electron chi connectivity index (χ2n) is 8.44. The Balaban J connectivity index is 1.65. The number of hydrogen-bond donors (Lipinski definition) is 1. The molecular formula is C28H26N4O2. The van der Waals surface area contributed by atoms with E-state index in [1.165, 1.54) is 0 Å². The van der Waals surface area contributed by atoms with Crippen molar-refractivity contribution in [2.45, 2.75) is 33.2 Å². The summed E-state index contributed by atoms with van der Waals surface area (Å²) in [6, 6.07) is 25.2. The van der Waals surface area contributed by atoms with Crippen LogP contribution in [0.2, 0.25) is 0 Å². The number of allylic oxidation sites excluding steroid dienone is 1. The maximum atomic E-state index is 13.3. The highest BCUT2D eigenvalue weighted by atomic mass is 16.5. The molecular weight excluding hydrogens is 424 g/mol. The summed E-state index contributed by atoms with van der Waals surface area (Å²) in [4.78, 5) is 19.8. The largest absolute Gasteiger partial charge is 0.334 e. The Bertz CT molecular complexity index is 1360. The van der Waals surface area contributed by atoms with E-state index in [0.717, 1.165) is 45.6 Å².